The summed E-state index contributed by atoms with van der Waals surface area (Å²) in [7, 11) is 1.99. The van der Waals surface area contributed by atoms with Crippen molar-refractivity contribution in [2.45, 2.75) is 52.1 Å². The number of nitrogens with zero attached hydrogens (tertiary/aromatic N) is 2. The van der Waals surface area contributed by atoms with Gasteiger partial charge in [-0.15, -0.1) is 0 Å². The van der Waals surface area contributed by atoms with Gasteiger partial charge < -0.3 is 5.32 Å². The Morgan fingerprint density at radius 2 is 1.90 bits per heavy atom. The first-order valence-electron chi connectivity index (χ1n) is 7.66. The Kier molecular flexibility index (Phi) is 4.84. The molecule has 2 aromatic rings. The molecular weight excluding hydrogens is 258 g/mol. The van der Waals surface area contributed by atoms with Crippen LogP contribution in [-0.4, -0.2) is 15.8 Å². The second-order valence-electron chi connectivity index (χ2n) is 6.61. The number of nitrogens with one attached hydrogen (secondary N) is 1. The molecule has 0 saturated heterocycles. The van der Waals surface area contributed by atoms with Crippen LogP contribution in [0.2, 0.25) is 0 Å². The molecule has 1 N–H and O–H groups in total. The van der Waals surface area contributed by atoms with Crippen molar-refractivity contribution in [3.8, 4) is 0 Å². The predicted octanol–water partition coefficient (Wildman–Crippen LogP) is 3.57. The van der Waals surface area contributed by atoms with Crippen LogP contribution in [-0.2, 0) is 19.0 Å². The molecule has 21 heavy (non-hydrogen) atoms. The fourth-order valence-electron chi connectivity index (χ4n) is 2.85. The zero-order valence-corrected chi connectivity index (χ0v) is 13.9. The number of hydrogen-bond donors (Lipinski definition) is 1. The minimum atomic E-state index is 0.178. The average Bonchev–Trinajstić information content (AvgIpc) is 2.77. The third-order valence-electron chi connectivity index (χ3n) is 4.35. The van der Waals surface area contributed by atoms with E-state index in [-0.39, 0.29) is 5.41 Å². The van der Waals surface area contributed by atoms with Gasteiger partial charge in [-0.3, -0.25) is 4.68 Å². The standard InChI is InChI=1S/C18H27N3/c1-14(19-12-16-13-20-21(5)15(16)2)11-18(3,4)17-9-7-6-8-10-17/h6-10,13-14,19H,11-12H2,1-5H3. The lowest BCUT2D eigenvalue weighted by molar-refractivity contribution is 0.388. The molecule has 0 saturated carbocycles. The molecule has 1 aromatic heterocycles. The number of benzene rings is 1. The summed E-state index contributed by atoms with van der Waals surface area (Å²) in [6.07, 6.45) is 3.06. The molecule has 3 nitrogen and oxygen atoms in total. The Labute approximate surface area is 128 Å². The van der Waals surface area contributed by atoms with E-state index >= 15 is 0 Å². The summed E-state index contributed by atoms with van der Waals surface area (Å²) in [5, 5.41) is 7.92. The van der Waals surface area contributed by atoms with Crippen molar-refractivity contribution < 1.29 is 0 Å². The van der Waals surface area contributed by atoms with E-state index in [9.17, 15) is 0 Å². The van der Waals surface area contributed by atoms with Crippen LogP contribution in [0.15, 0.2) is 36.5 Å². The Hall–Kier alpha value is -1.61. The molecule has 114 valence electrons. The molecule has 1 heterocycles. The molecule has 0 aliphatic carbocycles. The van der Waals surface area contributed by atoms with Gasteiger partial charge in [0.2, 0.25) is 0 Å². The highest BCUT2D eigenvalue weighted by atomic mass is 15.3. The van der Waals surface area contributed by atoms with Gasteiger partial charge in [0.05, 0.1) is 6.20 Å². The van der Waals surface area contributed by atoms with Crippen LogP contribution < -0.4 is 5.32 Å². The first-order chi connectivity index (χ1) is 9.90. The molecule has 0 fully saturated rings. The van der Waals surface area contributed by atoms with E-state index in [1.54, 1.807) is 0 Å². The summed E-state index contributed by atoms with van der Waals surface area (Å²) < 4.78 is 1.93. The fourth-order valence-corrected chi connectivity index (χ4v) is 2.85. The molecule has 0 spiro atoms. The SMILES string of the molecule is Cc1c(CNC(C)CC(C)(C)c2ccccc2)cnn1C. The molecule has 1 unspecified atom stereocenters. The second-order valence-corrected chi connectivity index (χ2v) is 6.61. The van der Waals surface area contributed by atoms with Crippen LogP contribution >= 0.6 is 0 Å². The maximum absolute atomic E-state index is 4.29. The van der Waals surface area contributed by atoms with Crippen molar-refractivity contribution in [3.05, 3.63) is 53.3 Å². The summed E-state index contributed by atoms with van der Waals surface area (Å²) >= 11 is 0. The Morgan fingerprint density at radius 1 is 1.24 bits per heavy atom. The molecule has 0 amide bonds. The van der Waals surface area contributed by atoms with Crippen molar-refractivity contribution in [2.24, 2.45) is 7.05 Å². The average molecular weight is 285 g/mol. The molecule has 1 atom stereocenters. The van der Waals surface area contributed by atoms with Gasteiger partial charge in [-0.1, -0.05) is 44.2 Å². The molecule has 3 heteroatoms. The largest absolute Gasteiger partial charge is 0.310 e. The summed E-state index contributed by atoms with van der Waals surface area (Å²) in [4.78, 5) is 0. The number of rotatable bonds is 6. The monoisotopic (exact) mass is 285 g/mol. The maximum atomic E-state index is 4.29. The topological polar surface area (TPSA) is 29.9 Å². The van der Waals surface area contributed by atoms with Crippen LogP contribution in [0, 0.1) is 6.92 Å². The lowest BCUT2D eigenvalue weighted by Gasteiger charge is -2.29. The molecule has 0 bridgehead atoms. The first-order valence-corrected chi connectivity index (χ1v) is 7.66. The smallest absolute Gasteiger partial charge is 0.0537 e. The van der Waals surface area contributed by atoms with Gasteiger partial charge >= 0.3 is 0 Å². The molecule has 2 rings (SSSR count). The van der Waals surface area contributed by atoms with Crippen LogP contribution in [0.25, 0.3) is 0 Å². The minimum absolute atomic E-state index is 0.178. The molecule has 1 aromatic carbocycles. The Morgan fingerprint density at radius 3 is 2.48 bits per heavy atom. The lowest BCUT2D eigenvalue weighted by atomic mass is 9.79. The van der Waals surface area contributed by atoms with Gasteiger partial charge in [-0.25, -0.2) is 0 Å². The van der Waals surface area contributed by atoms with Crippen molar-refractivity contribution in [2.75, 3.05) is 0 Å². The summed E-state index contributed by atoms with van der Waals surface area (Å²) in [5.41, 5.74) is 4.09. The highest BCUT2D eigenvalue weighted by Gasteiger charge is 2.23. The maximum Gasteiger partial charge on any atom is 0.0537 e. The van der Waals surface area contributed by atoms with E-state index in [1.165, 1.54) is 16.8 Å². The van der Waals surface area contributed by atoms with Crippen LogP contribution in [0.4, 0.5) is 0 Å². The van der Waals surface area contributed by atoms with E-state index in [4.69, 9.17) is 0 Å². The van der Waals surface area contributed by atoms with Crippen LogP contribution in [0.5, 0.6) is 0 Å². The Balaban J connectivity index is 1.92. The number of aryl methyl sites for hydroxylation is 1. The third kappa shape index (κ3) is 3.94. The fraction of sp³-hybridized carbons (Fsp3) is 0.500. The quantitative estimate of drug-likeness (QED) is 0.879. The molecule has 0 radical (unpaired) electrons. The van der Waals surface area contributed by atoms with Crippen molar-refractivity contribution in [1.29, 1.82) is 0 Å². The summed E-state index contributed by atoms with van der Waals surface area (Å²) in [5.74, 6) is 0. The minimum Gasteiger partial charge on any atom is -0.310 e. The molecular formula is C18H27N3. The van der Waals surface area contributed by atoms with E-state index in [2.05, 4.69) is 68.4 Å². The molecule has 0 aliphatic heterocycles. The Bertz CT molecular complexity index is 569. The van der Waals surface area contributed by atoms with Crippen molar-refractivity contribution in [1.82, 2.24) is 15.1 Å². The summed E-state index contributed by atoms with van der Waals surface area (Å²) in [6.45, 7) is 9.89. The van der Waals surface area contributed by atoms with E-state index < -0.39 is 0 Å². The molecule has 0 aliphatic rings. The number of aromatic nitrogens is 2. The van der Waals surface area contributed by atoms with E-state index in [1.807, 2.05) is 17.9 Å². The normalized spacial score (nSPS) is 13.4. The third-order valence-corrected chi connectivity index (χ3v) is 4.35. The number of hydrogen-bond acceptors (Lipinski definition) is 2. The highest BCUT2D eigenvalue weighted by molar-refractivity contribution is 5.23. The van der Waals surface area contributed by atoms with Gasteiger partial charge in [0, 0.05) is 30.9 Å². The van der Waals surface area contributed by atoms with E-state index in [0.717, 1.165) is 13.0 Å². The van der Waals surface area contributed by atoms with Gasteiger partial charge in [0.15, 0.2) is 0 Å². The van der Waals surface area contributed by atoms with Crippen molar-refractivity contribution >= 4 is 0 Å². The second kappa shape index (κ2) is 6.44. The first kappa shape index (κ1) is 15.8. The van der Waals surface area contributed by atoms with Gasteiger partial charge in [-0.05, 0) is 31.2 Å². The van der Waals surface area contributed by atoms with Crippen molar-refractivity contribution in [3.63, 3.8) is 0 Å². The van der Waals surface area contributed by atoms with Crippen LogP contribution in [0.1, 0.15) is 44.0 Å². The summed E-state index contributed by atoms with van der Waals surface area (Å²) in [6, 6.07) is 11.2. The predicted molar refractivity (Wildman–Crippen MR) is 88.3 cm³/mol. The lowest BCUT2D eigenvalue weighted by Crippen LogP contribution is -2.33. The van der Waals surface area contributed by atoms with Gasteiger partial charge in [0.1, 0.15) is 0 Å². The van der Waals surface area contributed by atoms with Gasteiger partial charge in [0.25, 0.3) is 0 Å². The highest BCUT2D eigenvalue weighted by Crippen LogP contribution is 2.28. The van der Waals surface area contributed by atoms with E-state index in [0.29, 0.717) is 6.04 Å². The van der Waals surface area contributed by atoms with Gasteiger partial charge in [-0.2, -0.15) is 5.10 Å². The zero-order valence-electron chi connectivity index (χ0n) is 13.9. The zero-order chi connectivity index (χ0) is 15.5. The van der Waals surface area contributed by atoms with Crippen LogP contribution in [0.3, 0.4) is 0 Å².